The standard InChI is InChI=1S/C17H19FN2O/c18-15-5-3-14(4-6-15)17(21)12-20(16-7-8-16)11-13-2-1-9-19-10-13/h1-6,9-10,16-17,21H,7-8,11-12H2/t17-/m1/s1. The van der Waals surface area contributed by atoms with Crippen LogP contribution in [0, 0.1) is 5.82 Å². The number of pyridine rings is 1. The largest absolute Gasteiger partial charge is 0.387 e. The lowest BCUT2D eigenvalue weighted by molar-refractivity contribution is 0.104. The Hall–Kier alpha value is -1.78. The molecule has 1 N–H and O–H groups in total. The van der Waals surface area contributed by atoms with E-state index in [1.807, 2.05) is 18.3 Å². The Balaban J connectivity index is 1.66. The molecular formula is C17H19FN2O. The van der Waals surface area contributed by atoms with Crippen molar-refractivity contribution in [3.63, 3.8) is 0 Å². The third-order valence-corrected chi connectivity index (χ3v) is 3.83. The Kier molecular flexibility index (Phi) is 4.27. The molecule has 110 valence electrons. The van der Waals surface area contributed by atoms with Gasteiger partial charge in [-0.25, -0.2) is 4.39 Å². The van der Waals surface area contributed by atoms with Crippen LogP contribution in [0.4, 0.5) is 4.39 Å². The molecule has 1 atom stereocenters. The SMILES string of the molecule is O[C@H](CN(Cc1cccnc1)C1CC1)c1ccc(F)cc1. The average Bonchev–Trinajstić information content (AvgIpc) is 3.33. The maximum absolute atomic E-state index is 12.9. The highest BCUT2D eigenvalue weighted by atomic mass is 19.1. The Morgan fingerprint density at radius 3 is 2.62 bits per heavy atom. The van der Waals surface area contributed by atoms with E-state index in [0.29, 0.717) is 12.6 Å². The Morgan fingerprint density at radius 2 is 2.00 bits per heavy atom. The number of hydrogen-bond acceptors (Lipinski definition) is 3. The van der Waals surface area contributed by atoms with Crippen molar-refractivity contribution >= 4 is 0 Å². The summed E-state index contributed by atoms with van der Waals surface area (Å²) < 4.78 is 12.9. The second-order valence-corrected chi connectivity index (χ2v) is 5.59. The van der Waals surface area contributed by atoms with Crippen LogP contribution in [-0.4, -0.2) is 27.6 Å². The van der Waals surface area contributed by atoms with Crippen LogP contribution in [0.5, 0.6) is 0 Å². The highest BCUT2D eigenvalue weighted by molar-refractivity contribution is 5.19. The lowest BCUT2D eigenvalue weighted by Gasteiger charge is -2.25. The minimum atomic E-state index is -0.595. The molecule has 1 aromatic heterocycles. The van der Waals surface area contributed by atoms with E-state index < -0.39 is 6.10 Å². The van der Waals surface area contributed by atoms with Gasteiger partial charge in [0, 0.05) is 31.5 Å². The van der Waals surface area contributed by atoms with Gasteiger partial charge < -0.3 is 5.11 Å². The maximum Gasteiger partial charge on any atom is 0.123 e. The van der Waals surface area contributed by atoms with Crippen LogP contribution >= 0.6 is 0 Å². The van der Waals surface area contributed by atoms with Crippen LogP contribution in [0.2, 0.25) is 0 Å². The first-order valence-electron chi connectivity index (χ1n) is 7.29. The van der Waals surface area contributed by atoms with Gasteiger partial charge in [0.25, 0.3) is 0 Å². The lowest BCUT2D eigenvalue weighted by Crippen LogP contribution is -2.30. The van der Waals surface area contributed by atoms with Gasteiger partial charge in [0.05, 0.1) is 6.10 Å². The second kappa shape index (κ2) is 6.33. The summed E-state index contributed by atoms with van der Waals surface area (Å²) in [6, 6.07) is 10.6. The molecule has 1 aliphatic carbocycles. The van der Waals surface area contributed by atoms with Gasteiger partial charge in [-0.1, -0.05) is 18.2 Å². The van der Waals surface area contributed by atoms with Gasteiger partial charge in [-0.2, -0.15) is 0 Å². The molecule has 21 heavy (non-hydrogen) atoms. The van der Waals surface area contributed by atoms with E-state index >= 15 is 0 Å². The summed E-state index contributed by atoms with van der Waals surface area (Å²) in [6.07, 6.45) is 5.38. The second-order valence-electron chi connectivity index (χ2n) is 5.59. The van der Waals surface area contributed by atoms with E-state index in [1.165, 1.54) is 25.0 Å². The molecule has 1 heterocycles. The average molecular weight is 286 g/mol. The molecule has 0 amide bonds. The maximum atomic E-state index is 12.9. The summed E-state index contributed by atoms with van der Waals surface area (Å²) in [7, 11) is 0. The molecular weight excluding hydrogens is 267 g/mol. The summed E-state index contributed by atoms with van der Waals surface area (Å²) in [5, 5.41) is 10.4. The number of aliphatic hydroxyl groups excluding tert-OH is 1. The smallest absolute Gasteiger partial charge is 0.123 e. The van der Waals surface area contributed by atoms with Crippen molar-refractivity contribution in [2.75, 3.05) is 6.54 Å². The van der Waals surface area contributed by atoms with Gasteiger partial charge in [0.15, 0.2) is 0 Å². The first-order valence-corrected chi connectivity index (χ1v) is 7.29. The first-order chi connectivity index (χ1) is 10.2. The Morgan fingerprint density at radius 1 is 1.24 bits per heavy atom. The van der Waals surface area contributed by atoms with E-state index in [9.17, 15) is 9.50 Å². The van der Waals surface area contributed by atoms with E-state index in [1.54, 1.807) is 18.3 Å². The number of nitrogens with zero attached hydrogens (tertiary/aromatic N) is 2. The van der Waals surface area contributed by atoms with Crippen LogP contribution in [0.15, 0.2) is 48.8 Å². The van der Waals surface area contributed by atoms with E-state index in [0.717, 1.165) is 17.7 Å². The number of hydrogen-bond donors (Lipinski definition) is 1. The summed E-state index contributed by atoms with van der Waals surface area (Å²) in [5.41, 5.74) is 1.91. The van der Waals surface area contributed by atoms with Crippen molar-refractivity contribution in [3.05, 3.63) is 65.7 Å². The van der Waals surface area contributed by atoms with Crippen molar-refractivity contribution in [3.8, 4) is 0 Å². The Bertz CT molecular complexity index is 569. The molecule has 0 unspecified atom stereocenters. The molecule has 0 saturated heterocycles. The summed E-state index contributed by atoms with van der Waals surface area (Å²) in [5.74, 6) is -0.277. The van der Waals surface area contributed by atoms with Crippen LogP contribution in [0.3, 0.4) is 0 Å². The monoisotopic (exact) mass is 286 g/mol. The van der Waals surface area contributed by atoms with Crippen molar-refractivity contribution < 1.29 is 9.50 Å². The van der Waals surface area contributed by atoms with Crippen LogP contribution in [0.25, 0.3) is 0 Å². The molecule has 3 nitrogen and oxygen atoms in total. The van der Waals surface area contributed by atoms with Crippen molar-refractivity contribution in [1.29, 1.82) is 0 Å². The zero-order valence-electron chi connectivity index (χ0n) is 11.8. The molecule has 1 aliphatic rings. The summed E-state index contributed by atoms with van der Waals surface area (Å²) in [4.78, 5) is 6.42. The predicted octanol–water partition coefficient (Wildman–Crippen LogP) is 2.92. The molecule has 3 rings (SSSR count). The molecule has 2 aromatic rings. The minimum Gasteiger partial charge on any atom is -0.387 e. The van der Waals surface area contributed by atoms with Crippen LogP contribution in [-0.2, 0) is 6.54 Å². The predicted molar refractivity (Wildman–Crippen MR) is 79.0 cm³/mol. The third kappa shape index (κ3) is 3.86. The van der Waals surface area contributed by atoms with Gasteiger partial charge >= 0.3 is 0 Å². The van der Waals surface area contributed by atoms with Crippen LogP contribution < -0.4 is 0 Å². The quantitative estimate of drug-likeness (QED) is 0.887. The van der Waals surface area contributed by atoms with Crippen molar-refractivity contribution in [2.24, 2.45) is 0 Å². The van der Waals surface area contributed by atoms with Gasteiger partial charge in [-0.15, -0.1) is 0 Å². The van der Waals surface area contributed by atoms with Crippen molar-refractivity contribution in [2.45, 2.75) is 31.5 Å². The van der Waals surface area contributed by atoms with E-state index in [2.05, 4.69) is 9.88 Å². The van der Waals surface area contributed by atoms with Gasteiger partial charge in [-0.05, 0) is 42.2 Å². The fraction of sp³-hybridized carbons (Fsp3) is 0.353. The lowest BCUT2D eigenvalue weighted by atomic mass is 10.1. The highest BCUT2D eigenvalue weighted by Gasteiger charge is 2.30. The zero-order chi connectivity index (χ0) is 14.7. The topological polar surface area (TPSA) is 36.4 Å². The van der Waals surface area contributed by atoms with Gasteiger partial charge in [0.1, 0.15) is 5.82 Å². The number of rotatable bonds is 6. The zero-order valence-corrected chi connectivity index (χ0v) is 11.8. The van der Waals surface area contributed by atoms with Gasteiger partial charge in [-0.3, -0.25) is 9.88 Å². The van der Waals surface area contributed by atoms with Crippen LogP contribution in [0.1, 0.15) is 30.1 Å². The first kappa shape index (κ1) is 14.2. The third-order valence-electron chi connectivity index (χ3n) is 3.83. The molecule has 0 aliphatic heterocycles. The minimum absolute atomic E-state index is 0.277. The molecule has 4 heteroatoms. The molecule has 1 aromatic carbocycles. The summed E-state index contributed by atoms with van der Waals surface area (Å²) >= 11 is 0. The molecule has 0 radical (unpaired) electrons. The molecule has 0 spiro atoms. The fourth-order valence-corrected chi connectivity index (χ4v) is 2.52. The summed E-state index contributed by atoms with van der Waals surface area (Å²) in [6.45, 7) is 1.35. The van der Waals surface area contributed by atoms with Crippen molar-refractivity contribution in [1.82, 2.24) is 9.88 Å². The number of aliphatic hydroxyl groups is 1. The van der Waals surface area contributed by atoms with Gasteiger partial charge in [0.2, 0.25) is 0 Å². The van der Waals surface area contributed by atoms with E-state index in [4.69, 9.17) is 0 Å². The van der Waals surface area contributed by atoms with E-state index in [-0.39, 0.29) is 5.82 Å². The highest BCUT2D eigenvalue weighted by Crippen LogP contribution is 2.30. The fourth-order valence-electron chi connectivity index (χ4n) is 2.52. The number of aromatic nitrogens is 1. The Labute approximate surface area is 124 Å². The normalized spacial score (nSPS) is 16.1. The molecule has 0 bridgehead atoms. The molecule has 1 fully saturated rings. The number of benzene rings is 1. The molecule has 1 saturated carbocycles. The number of halogens is 1.